The summed E-state index contributed by atoms with van der Waals surface area (Å²) in [5.41, 5.74) is 1.85. The lowest BCUT2D eigenvalue weighted by atomic mass is 9.90. The molecule has 4 rings (SSSR count). The molecular formula is C25H25NO4. The number of aryl methyl sites for hydroxylation is 1. The maximum absolute atomic E-state index is 13.1. The minimum atomic E-state index is -1.54. The average molecular weight is 403 g/mol. The van der Waals surface area contributed by atoms with Gasteiger partial charge in [-0.3, -0.25) is 0 Å². The van der Waals surface area contributed by atoms with E-state index in [2.05, 4.69) is 0 Å². The number of benzene rings is 3. The van der Waals surface area contributed by atoms with Crippen LogP contribution in [0.15, 0.2) is 84.9 Å². The van der Waals surface area contributed by atoms with Crippen molar-refractivity contribution in [1.82, 2.24) is 0 Å². The fourth-order valence-corrected chi connectivity index (χ4v) is 3.89. The molecule has 5 heteroatoms. The third-order valence-electron chi connectivity index (χ3n) is 5.58. The van der Waals surface area contributed by atoms with Crippen LogP contribution in [0.2, 0.25) is 0 Å². The number of amides is 1. The van der Waals surface area contributed by atoms with Gasteiger partial charge in [-0.1, -0.05) is 60.7 Å². The van der Waals surface area contributed by atoms with E-state index in [-0.39, 0.29) is 13.0 Å². The number of aliphatic hydroxyl groups is 2. The quantitative estimate of drug-likeness (QED) is 0.639. The number of ether oxygens (including phenoxy) is 1. The van der Waals surface area contributed by atoms with Crippen molar-refractivity contribution in [1.29, 1.82) is 0 Å². The number of aliphatic hydroxyl groups excluding tert-OH is 1. The van der Waals surface area contributed by atoms with Gasteiger partial charge in [0.05, 0.1) is 17.5 Å². The van der Waals surface area contributed by atoms with Gasteiger partial charge in [0, 0.05) is 6.42 Å². The predicted octanol–water partition coefficient (Wildman–Crippen LogP) is 4.24. The van der Waals surface area contributed by atoms with Crippen LogP contribution in [0, 0.1) is 0 Å². The molecule has 0 spiro atoms. The molecule has 3 aromatic rings. The highest BCUT2D eigenvalue weighted by Crippen LogP contribution is 2.30. The predicted molar refractivity (Wildman–Crippen MR) is 116 cm³/mol. The third kappa shape index (κ3) is 4.22. The van der Waals surface area contributed by atoms with E-state index in [1.54, 1.807) is 0 Å². The topological polar surface area (TPSA) is 70.0 Å². The summed E-state index contributed by atoms with van der Waals surface area (Å²) in [5.74, 6) is 0. The molecule has 1 amide bonds. The highest BCUT2D eigenvalue weighted by atomic mass is 16.6. The number of carbonyl (C=O) groups excluding carboxylic acids is 1. The molecule has 2 N–H and O–H groups in total. The first-order valence-corrected chi connectivity index (χ1v) is 10.1. The Labute approximate surface area is 176 Å². The first kappa shape index (κ1) is 20.1. The first-order chi connectivity index (χ1) is 14.6. The molecule has 0 fully saturated rings. The van der Waals surface area contributed by atoms with Gasteiger partial charge in [0.1, 0.15) is 12.2 Å². The molecule has 3 aromatic carbocycles. The Kier molecular flexibility index (Phi) is 5.84. The summed E-state index contributed by atoms with van der Waals surface area (Å²) in [6.07, 6.45) is -0.279. The molecule has 1 aliphatic rings. The summed E-state index contributed by atoms with van der Waals surface area (Å²) < 4.78 is 5.57. The summed E-state index contributed by atoms with van der Waals surface area (Å²) >= 11 is 0. The number of fused-ring (bicyclic) bond motifs is 1. The number of carbonyl (C=O) groups is 1. The lowest BCUT2D eigenvalue weighted by molar-refractivity contribution is -0.105. The number of nitrogens with zero attached hydrogens (tertiary/aromatic N) is 1. The van der Waals surface area contributed by atoms with Crippen molar-refractivity contribution in [2.45, 2.75) is 31.0 Å². The van der Waals surface area contributed by atoms with Crippen LogP contribution in [0.1, 0.15) is 17.5 Å². The van der Waals surface area contributed by atoms with Crippen LogP contribution in [-0.2, 0) is 17.6 Å². The Hall–Kier alpha value is -3.15. The lowest BCUT2D eigenvalue weighted by Crippen LogP contribution is -2.49. The zero-order valence-corrected chi connectivity index (χ0v) is 16.6. The molecule has 0 saturated carbocycles. The molecule has 30 heavy (non-hydrogen) atoms. The maximum atomic E-state index is 13.1. The van der Waals surface area contributed by atoms with Crippen molar-refractivity contribution in [3.63, 3.8) is 0 Å². The average Bonchev–Trinajstić information content (AvgIpc) is 2.91. The Morgan fingerprint density at radius 2 is 1.43 bits per heavy atom. The van der Waals surface area contributed by atoms with Crippen LogP contribution in [-0.4, -0.2) is 34.6 Å². The van der Waals surface area contributed by atoms with E-state index in [4.69, 9.17) is 4.74 Å². The standard InChI is InChI=1S/C25H25NO4/c27-23-16-15-19-9-7-8-10-20(19)17-25(23,29)18-30-24(28)26(21-11-3-1-4-12-21)22-13-5-2-6-14-22/h1-14,23,27,29H,15-18H2. The summed E-state index contributed by atoms with van der Waals surface area (Å²) in [7, 11) is 0. The first-order valence-electron chi connectivity index (χ1n) is 10.1. The molecule has 1 aliphatic carbocycles. The van der Waals surface area contributed by atoms with Crippen molar-refractivity contribution in [2.24, 2.45) is 0 Å². The second-order valence-corrected chi connectivity index (χ2v) is 7.66. The third-order valence-corrected chi connectivity index (χ3v) is 5.58. The van der Waals surface area contributed by atoms with Crippen molar-refractivity contribution in [2.75, 3.05) is 11.5 Å². The van der Waals surface area contributed by atoms with E-state index in [9.17, 15) is 15.0 Å². The van der Waals surface area contributed by atoms with E-state index in [0.717, 1.165) is 11.1 Å². The highest BCUT2D eigenvalue weighted by Gasteiger charge is 2.40. The number of para-hydroxylation sites is 2. The van der Waals surface area contributed by atoms with E-state index >= 15 is 0 Å². The van der Waals surface area contributed by atoms with E-state index in [0.29, 0.717) is 24.2 Å². The van der Waals surface area contributed by atoms with Crippen LogP contribution in [0.5, 0.6) is 0 Å². The minimum absolute atomic E-state index is 0.230. The van der Waals surface area contributed by atoms with Gasteiger partial charge in [-0.25, -0.2) is 9.69 Å². The molecule has 0 saturated heterocycles. The monoisotopic (exact) mass is 403 g/mol. The smallest absolute Gasteiger partial charge is 0.419 e. The molecule has 0 bridgehead atoms. The second kappa shape index (κ2) is 8.69. The summed E-state index contributed by atoms with van der Waals surface area (Å²) in [6.45, 7) is -0.294. The van der Waals surface area contributed by atoms with Gasteiger partial charge in [-0.05, 0) is 48.2 Å². The van der Waals surface area contributed by atoms with Crippen molar-refractivity contribution in [3.8, 4) is 0 Å². The van der Waals surface area contributed by atoms with Gasteiger partial charge >= 0.3 is 6.09 Å². The molecule has 2 atom stereocenters. The fraction of sp³-hybridized carbons (Fsp3) is 0.240. The van der Waals surface area contributed by atoms with Crippen molar-refractivity contribution >= 4 is 17.5 Å². The van der Waals surface area contributed by atoms with E-state index in [1.807, 2.05) is 84.9 Å². The molecule has 5 nitrogen and oxygen atoms in total. The minimum Gasteiger partial charge on any atom is -0.446 e. The highest BCUT2D eigenvalue weighted by molar-refractivity contribution is 5.95. The van der Waals surface area contributed by atoms with Crippen LogP contribution < -0.4 is 4.90 Å². The molecule has 154 valence electrons. The molecule has 0 aliphatic heterocycles. The van der Waals surface area contributed by atoms with Gasteiger partial charge in [0.15, 0.2) is 0 Å². The number of hydrogen-bond acceptors (Lipinski definition) is 4. The molecule has 0 heterocycles. The SMILES string of the molecule is O=C(OCC1(O)Cc2ccccc2CCC1O)N(c1ccccc1)c1ccccc1. The van der Waals surface area contributed by atoms with Crippen LogP contribution in [0.4, 0.5) is 16.2 Å². The van der Waals surface area contributed by atoms with Gasteiger partial charge in [0.2, 0.25) is 0 Å². The Balaban J connectivity index is 1.56. The van der Waals surface area contributed by atoms with Crippen LogP contribution >= 0.6 is 0 Å². The number of rotatable bonds is 4. The van der Waals surface area contributed by atoms with E-state index in [1.165, 1.54) is 4.90 Å². The van der Waals surface area contributed by atoms with Crippen molar-refractivity contribution in [3.05, 3.63) is 96.1 Å². The molecule has 2 unspecified atom stereocenters. The van der Waals surface area contributed by atoms with Crippen molar-refractivity contribution < 1.29 is 19.7 Å². The Morgan fingerprint density at radius 1 is 0.900 bits per heavy atom. The largest absolute Gasteiger partial charge is 0.446 e. The summed E-state index contributed by atoms with van der Waals surface area (Å²) in [6, 6.07) is 26.2. The zero-order valence-electron chi connectivity index (χ0n) is 16.6. The number of anilines is 2. The summed E-state index contributed by atoms with van der Waals surface area (Å²) in [4.78, 5) is 14.5. The van der Waals surface area contributed by atoms with Gasteiger partial charge < -0.3 is 14.9 Å². The normalized spacial score (nSPS) is 20.7. The summed E-state index contributed by atoms with van der Waals surface area (Å²) in [5, 5.41) is 21.8. The van der Waals surface area contributed by atoms with Crippen LogP contribution in [0.3, 0.4) is 0 Å². The molecular weight excluding hydrogens is 378 g/mol. The Bertz CT molecular complexity index is 953. The molecule has 0 aromatic heterocycles. The van der Waals surface area contributed by atoms with Crippen LogP contribution in [0.25, 0.3) is 0 Å². The van der Waals surface area contributed by atoms with E-state index < -0.39 is 17.8 Å². The van der Waals surface area contributed by atoms with Gasteiger partial charge in [-0.15, -0.1) is 0 Å². The lowest BCUT2D eigenvalue weighted by Gasteiger charge is -2.32. The second-order valence-electron chi connectivity index (χ2n) is 7.66. The van der Waals surface area contributed by atoms with Gasteiger partial charge in [0.25, 0.3) is 0 Å². The molecule has 0 radical (unpaired) electrons. The fourth-order valence-electron chi connectivity index (χ4n) is 3.89. The number of hydrogen-bond donors (Lipinski definition) is 2. The van der Waals surface area contributed by atoms with Gasteiger partial charge in [-0.2, -0.15) is 0 Å². The Morgan fingerprint density at radius 3 is 2.03 bits per heavy atom. The maximum Gasteiger partial charge on any atom is 0.419 e. The zero-order chi connectivity index (χ0) is 21.0.